The number of hydrogen-bond acceptors (Lipinski definition) is 4. The minimum Gasteiger partial charge on any atom is -0.367 e. The van der Waals surface area contributed by atoms with E-state index in [1.54, 1.807) is 12.4 Å². The number of nitrogens with one attached hydrogen (secondary N) is 2. The highest BCUT2D eigenvalue weighted by atomic mass is 16.5. The van der Waals surface area contributed by atoms with Gasteiger partial charge in [0.1, 0.15) is 0 Å². The number of nitrogens with two attached hydrogens (primary N) is 1. The van der Waals surface area contributed by atoms with Crippen molar-refractivity contribution >= 4 is 5.88 Å². The summed E-state index contributed by atoms with van der Waals surface area (Å²) in [6.45, 7) is 0. The molecule has 0 aliphatic rings. The van der Waals surface area contributed by atoms with E-state index in [0.29, 0.717) is 0 Å². The summed E-state index contributed by atoms with van der Waals surface area (Å²) in [6.07, 6.45) is 3.19. The lowest BCUT2D eigenvalue weighted by atomic mass is 10.0. The number of anilines is 1. The lowest BCUT2D eigenvalue weighted by Crippen LogP contribution is -1.99. The molecular formula is C12H10N4O2. The minimum atomic E-state index is -0.236. The predicted molar refractivity (Wildman–Crippen MR) is 66.8 cm³/mol. The van der Waals surface area contributed by atoms with Crippen molar-refractivity contribution in [3.05, 3.63) is 47.1 Å². The van der Waals surface area contributed by atoms with Crippen LogP contribution in [0.2, 0.25) is 0 Å². The zero-order chi connectivity index (χ0) is 12.5. The third-order valence-electron chi connectivity index (χ3n) is 2.68. The van der Waals surface area contributed by atoms with Gasteiger partial charge in [-0.25, -0.2) is 4.79 Å². The fourth-order valence-corrected chi connectivity index (χ4v) is 1.81. The van der Waals surface area contributed by atoms with E-state index < -0.39 is 0 Å². The van der Waals surface area contributed by atoms with Gasteiger partial charge in [-0.2, -0.15) is 0 Å². The molecule has 6 nitrogen and oxygen atoms in total. The van der Waals surface area contributed by atoms with Crippen molar-refractivity contribution in [3.8, 4) is 22.4 Å². The lowest BCUT2D eigenvalue weighted by molar-refractivity contribution is 0.436. The Morgan fingerprint density at radius 2 is 2.11 bits per heavy atom. The summed E-state index contributed by atoms with van der Waals surface area (Å²) in [5.41, 5.74) is 8.65. The third kappa shape index (κ3) is 1.69. The van der Waals surface area contributed by atoms with Crippen molar-refractivity contribution in [1.82, 2.24) is 15.1 Å². The van der Waals surface area contributed by atoms with E-state index in [0.717, 1.165) is 22.4 Å². The van der Waals surface area contributed by atoms with Crippen LogP contribution in [0.3, 0.4) is 0 Å². The number of aromatic amines is 2. The van der Waals surface area contributed by atoms with Crippen molar-refractivity contribution in [2.24, 2.45) is 0 Å². The van der Waals surface area contributed by atoms with Gasteiger partial charge in [0.05, 0.1) is 17.5 Å². The molecule has 0 amide bonds. The number of benzene rings is 1. The van der Waals surface area contributed by atoms with E-state index in [9.17, 15) is 4.79 Å². The zero-order valence-corrected chi connectivity index (χ0v) is 9.31. The summed E-state index contributed by atoms with van der Waals surface area (Å²) in [7, 11) is 0. The summed E-state index contributed by atoms with van der Waals surface area (Å²) in [6, 6.07) is 7.58. The van der Waals surface area contributed by atoms with Crippen LogP contribution in [0.4, 0.5) is 5.88 Å². The van der Waals surface area contributed by atoms with Gasteiger partial charge in [0.15, 0.2) is 0 Å². The van der Waals surface area contributed by atoms with Crippen LogP contribution in [0, 0.1) is 0 Å². The Balaban J connectivity index is 2.10. The van der Waals surface area contributed by atoms with E-state index in [2.05, 4.69) is 15.1 Å². The van der Waals surface area contributed by atoms with E-state index in [1.807, 2.05) is 24.3 Å². The van der Waals surface area contributed by atoms with Gasteiger partial charge in [0.2, 0.25) is 5.88 Å². The number of H-pyrrole nitrogens is 2. The summed E-state index contributed by atoms with van der Waals surface area (Å²) in [4.78, 5) is 16.3. The van der Waals surface area contributed by atoms with E-state index in [-0.39, 0.29) is 11.6 Å². The summed E-state index contributed by atoms with van der Waals surface area (Å²) >= 11 is 0. The summed E-state index contributed by atoms with van der Waals surface area (Å²) in [5.74, 6) is 0.273. The first kappa shape index (κ1) is 10.4. The lowest BCUT2D eigenvalue weighted by Gasteiger charge is -2.01. The molecule has 1 aromatic carbocycles. The van der Waals surface area contributed by atoms with Crippen LogP contribution in [0.25, 0.3) is 22.4 Å². The van der Waals surface area contributed by atoms with Crippen LogP contribution in [0.1, 0.15) is 0 Å². The Bertz CT molecular complexity index is 738. The highest BCUT2D eigenvalue weighted by Gasteiger charge is 2.08. The van der Waals surface area contributed by atoms with Crippen molar-refractivity contribution in [2.45, 2.75) is 0 Å². The van der Waals surface area contributed by atoms with Gasteiger partial charge in [-0.1, -0.05) is 23.4 Å². The van der Waals surface area contributed by atoms with Crippen LogP contribution in [-0.2, 0) is 0 Å². The average Bonchev–Trinajstić information content (AvgIpc) is 2.98. The van der Waals surface area contributed by atoms with Gasteiger partial charge in [0.25, 0.3) is 0 Å². The molecular weight excluding hydrogens is 232 g/mol. The molecule has 6 heteroatoms. The Morgan fingerprint density at radius 1 is 1.28 bits per heavy atom. The van der Waals surface area contributed by atoms with Crippen LogP contribution in [-0.4, -0.2) is 15.1 Å². The first-order chi connectivity index (χ1) is 8.74. The van der Waals surface area contributed by atoms with E-state index in [4.69, 9.17) is 10.3 Å². The molecule has 0 saturated carbocycles. The van der Waals surface area contributed by atoms with Gasteiger partial charge >= 0.3 is 5.69 Å². The van der Waals surface area contributed by atoms with Gasteiger partial charge in [-0.05, 0) is 11.6 Å². The maximum absolute atomic E-state index is 11.1. The van der Waals surface area contributed by atoms with E-state index in [1.165, 1.54) is 0 Å². The number of aromatic nitrogens is 3. The molecule has 4 N–H and O–H groups in total. The molecule has 0 radical (unpaired) electrons. The molecule has 0 bridgehead atoms. The fraction of sp³-hybridized carbons (Fsp3) is 0. The summed E-state index contributed by atoms with van der Waals surface area (Å²) < 4.78 is 4.83. The second-order valence-electron chi connectivity index (χ2n) is 3.84. The Hall–Kier alpha value is -2.76. The van der Waals surface area contributed by atoms with Crippen molar-refractivity contribution in [3.63, 3.8) is 0 Å². The highest BCUT2D eigenvalue weighted by molar-refractivity contribution is 5.76. The van der Waals surface area contributed by atoms with Crippen LogP contribution in [0.15, 0.2) is 46.0 Å². The molecule has 3 aromatic rings. The molecule has 0 aliphatic heterocycles. The number of nitrogens with zero attached hydrogens (tertiary/aromatic N) is 1. The average molecular weight is 242 g/mol. The Morgan fingerprint density at radius 3 is 2.78 bits per heavy atom. The SMILES string of the molecule is Nc1oncc1-c1cccc(-c2c[nH]c(=O)[nH]2)c1. The summed E-state index contributed by atoms with van der Waals surface area (Å²) in [5, 5.41) is 3.64. The molecule has 18 heavy (non-hydrogen) atoms. The van der Waals surface area contributed by atoms with Gasteiger partial charge < -0.3 is 20.2 Å². The second-order valence-corrected chi connectivity index (χ2v) is 3.84. The molecule has 2 heterocycles. The standard InChI is InChI=1S/C12H10N4O2/c13-11-9(5-15-18-11)7-2-1-3-8(4-7)10-6-14-12(17)16-10/h1-6H,13H2,(H2,14,16,17). The predicted octanol–water partition coefficient (Wildman–Crippen LogP) is 1.61. The molecule has 0 fully saturated rings. The molecule has 3 rings (SSSR count). The Kier molecular flexibility index (Phi) is 2.26. The van der Waals surface area contributed by atoms with Gasteiger partial charge in [0, 0.05) is 11.8 Å². The second kappa shape index (κ2) is 3.92. The molecule has 2 aromatic heterocycles. The quantitative estimate of drug-likeness (QED) is 0.635. The largest absolute Gasteiger partial charge is 0.367 e. The van der Waals surface area contributed by atoms with Crippen molar-refractivity contribution in [1.29, 1.82) is 0 Å². The maximum atomic E-state index is 11.1. The topological polar surface area (TPSA) is 101 Å². The van der Waals surface area contributed by atoms with Crippen molar-refractivity contribution < 1.29 is 4.52 Å². The fourth-order valence-electron chi connectivity index (χ4n) is 1.81. The van der Waals surface area contributed by atoms with Crippen molar-refractivity contribution in [2.75, 3.05) is 5.73 Å². The van der Waals surface area contributed by atoms with Gasteiger partial charge in [-0.15, -0.1) is 0 Å². The molecule has 0 aliphatic carbocycles. The molecule has 90 valence electrons. The minimum absolute atomic E-state index is 0.236. The number of hydrogen-bond donors (Lipinski definition) is 3. The number of rotatable bonds is 2. The third-order valence-corrected chi connectivity index (χ3v) is 2.68. The maximum Gasteiger partial charge on any atom is 0.323 e. The number of nitrogen functional groups attached to an aromatic ring is 1. The normalized spacial score (nSPS) is 10.7. The zero-order valence-electron chi connectivity index (χ0n) is 9.31. The molecule has 0 atom stereocenters. The highest BCUT2D eigenvalue weighted by Crippen LogP contribution is 2.28. The Labute approximate surface area is 101 Å². The van der Waals surface area contributed by atoms with Gasteiger partial charge in [-0.3, -0.25) is 0 Å². The first-order valence-electron chi connectivity index (χ1n) is 5.33. The number of imidazole rings is 1. The van der Waals surface area contributed by atoms with Crippen LogP contribution in [0.5, 0.6) is 0 Å². The van der Waals surface area contributed by atoms with E-state index >= 15 is 0 Å². The van der Waals surface area contributed by atoms with Crippen LogP contribution < -0.4 is 11.4 Å². The van der Waals surface area contributed by atoms with Crippen LogP contribution >= 0.6 is 0 Å². The smallest absolute Gasteiger partial charge is 0.323 e. The monoisotopic (exact) mass is 242 g/mol. The molecule has 0 unspecified atom stereocenters. The molecule has 0 saturated heterocycles. The first-order valence-corrected chi connectivity index (χ1v) is 5.33. The molecule has 0 spiro atoms.